The Hall–Kier alpha value is -0.935. The van der Waals surface area contributed by atoms with E-state index in [0.717, 1.165) is 0 Å². The molecular formula is C10H17BO4. The maximum Gasteiger partial charge on any atom is 0.115 e. The van der Waals surface area contributed by atoms with Crippen molar-refractivity contribution in [3.8, 4) is 0 Å². The van der Waals surface area contributed by atoms with Crippen molar-refractivity contribution in [1.82, 2.24) is 0 Å². The summed E-state index contributed by atoms with van der Waals surface area (Å²) in [5, 5.41) is 17.4. The number of ether oxygens (including phenoxy) is 2. The van der Waals surface area contributed by atoms with Gasteiger partial charge in [-0.1, -0.05) is 0 Å². The molecule has 0 rings (SSSR count). The molecule has 2 unspecified atom stereocenters. The number of hydrogen-bond acceptors (Lipinski definition) is 4. The average molecular weight is 212 g/mol. The summed E-state index contributed by atoms with van der Waals surface area (Å²) in [6.07, 6.45) is 4.17. The summed E-state index contributed by atoms with van der Waals surface area (Å²) in [5.41, 5.74) is 0. The summed E-state index contributed by atoms with van der Waals surface area (Å²) < 4.78 is 10.1. The highest BCUT2D eigenvalue weighted by Gasteiger charge is 2.03. The third kappa shape index (κ3) is 9.37. The molecule has 0 aromatic rings. The fraction of sp³-hybridized carbons (Fsp3) is 0.600. The number of aliphatic hydroxyl groups is 2. The zero-order valence-corrected chi connectivity index (χ0v) is 9.09. The molecule has 15 heavy (non-hydrogen) atoms. The van der Waals surface area contributed by atoms with Gasteiger partial charge in [0.15, 0.2) is 0 Å². The second kappa shape index (κ2) is 8.38. The van der Waals surface area contributed by atoms with Crippen LogP contribution in [0.1, 0.15) is 13.8 Å². The molecule has 0 aromatic heterocycles. The van der Waals surface area contributed by atoms with Crippen LogP contribution in [0.2, 0.25) is 0 Å². The molecule has 0 saturated heterocycles. The fourth-order valence-corrected chi connectivity index (χ4v) is 0.926. The van der Waals surface area contributed by atoms with E-state index in [1.165, 1.54) is 12.3 Å². The van der Waals surface area contributed by atoms with Crippen LogP contribution in [0.5, 0.6) is 0 Å². The first kappa shape index (κ1) is 14.1. The van der Waals surface area contributed by atoms with E-state index in [1.807, 2.05) is 0 Å². The van der Waals surface area contributed by atoms with Gasteiger partial charge in [-0.2, -0.15) is 0 Å². The van der Waals surface area contributed by atoms with E-state index in [4.69, 9.17) is 27.5 Å². The number of rotatable bonds is 7. The lowest BCUT2D eigenvalue weighted by Gasteiger charge is -2.13. The van der Waals surface area contributed by atoms with Gasteiger partial charge >= 0.3 is 0 Å². The quantitative estimate of drug-likeness (QED) is 0.373. The molecule has 2 radical (unpaired) electrons. The predicted molar refractivity (Wildman–Crippen MR) is 58.7 cm³/mol. The Kier molecular flexibility index (Phi) is 7.86. The summed E-state index contributed by atoms with van der Waals surface area (Å²) in [6.45, 7) is 3.52. The number of hydrogen-bond donors (Lipinski definition) is 2. The molecule has 0 saturated carbocycles. The Bertz CT molecular complexity index is 211. The van der Waals surface area contributed by atoms with Crippen molar-refractivity contribution in [3.05, 3.63) is 24.2 Å². The van der Waals surface area contributed by atoms with Crippen molar-refractivity contribution in [1.29, 1.82) is 0 Å². The summed E-state index contributed by atoms with van der Waals surface area (Å²) in [4.78, 5) is 0. The first-order chi connectivity index (χ1) is 7.06. The Balaban J connectivity index is 3.77. The highest BCUT2D eigenvalue weighted by atomic mass is 16.5. The minimum Gasteiger partial charge on any atom is -0.513 e. The lowest BCUT2D eigenvalue weighted by atomic mass is 10.0. The largest absolute Gasteiger partial charge is 0.513 e. The van der Waals surface area contributed by atoms with Crippen LogP contribution in [0.3, 0.4) is 0 Å². The van der Waals surface area contributed by atoms with E-state index >= 15 is 0 Å². The SMILES string of the molecule is [B]C(C=COCCO)OC(C)/C=C(\C)O. The van der Waals surface area contributed by atoms with Crippen LogP contribution in [0.4, 0.5) is 0 Å². The molecule has 0 bridgehead atoms. The molecule has 5 heteroatoms. The zero-order chi connectivity index (χ0) is 11.7. The molecule has 4 nitrogen and oxygen atoms in total. The van der Waals surface area contributed by atoms with Gasteiger partial charge in [-0.25, -0.2) is 0 Å². The van der Waals surface area contributed by atoms with E-state index < -0.39 is 6.00 Å². The first-order valence-corrected chi connectivity index (χ1v) is 4.73. The summed E-state index contributed by atoms with van der Waals surface area (Å²) in [6, 6.07) is -0.603. The lowest BCUT2D eigenvalue weighted by molar-refractivity contribution is 0.0920. The fourth-order valence-electron chi connectivity index (χ4n) is 0.926. The van der Waals surface area contributed by atoms with Crippen molar-refractivity contribution < 1.29 is 19.7 Å². The topological polar surface area (TPSA) is 58.9 Å². The van der Waals surface area contributed by atoms with Crippen molar-refractivity contribution in [2.24, 2.45) is 0 Å². The number of allylic oxidation sites excluding steroid dienone is 1. The predicted octanol–water partition coefficient (Wildman–Crippen LogP) is 0.871. The minimum atomic E-state index is -0.603. The van der Waals surface area contributed by atoms with Crippen LogP contribution < -0.4 is 0 Å². The smallest absolute Gasteiger partial charge is 0.115 e. The van der Waals surface area contributed by atoms with E-state index in [1.54, 1.807) is 19.9 Å². The van der Waals surface area contributed by atoms with Gasteiger partial charge in [0, 0.05) is 6.00 Å². The second-order valence-corrected chi connectivity index (χ2v) is 3.04. The van der Waals surface area contributed by atoms with Gasteiger partial charge in [0.1, 0.15) is 14.5 Å². The summed E-state index contributed by atoms with van der Waals surface area (Å²) >= 11 is 0. The van der Waals surface area contributed by atoms with Crippen LogP contribution in [0, 0.1) is 0 Å². The van der Waals surface area contributed by atoms with Crippen LogP contribution in [0.15, 0.2) is 24.2 Å². The molecule has 0 aliphatic heterocycles. The van der Waals surface area contributed by atoms with Crippen molar-refractivity contribution in [3.63, 3.8) is 0 Å². The van der Waals surface area contributed by atoms with Gasteiger partial charge in [0.05, 0.1) is 24.7 Å². The molecule has 2 atom stereocenters. The first-order valence-electron chi connectivity index (χ1n) is 4.73. The number of aliphatic hydroxyl groups excluding tert-OH is 2. The molecule has 0 aromatic carbocycles. The molecule has 84 valence electrons. The van der Waals surface area contributed by atoms with Crippen LogP contribution in [0.25, 0.3) is 0 Å². The highest BCUT2D eigenvalue weighted by Crippen LogP contribution is 2.01. The minimum absolute atomic E-state index is 0.0384. The molecule has 0 fully saturated rings. The Morgan fingerprint density at radius 2 is 2.20 bits per heavy atom. The Morgan fingerprint density at radius 1 is 1.53 bits per heavy atom. The monoisotopic (exact) mass is 212 g/mol. The standard InChI is InChI=1S/C10H17BO4/c1-8(13)7-9(2)15-10(11)3-5-14-6-4-12/h3,5,7,9-10,12-13H,4,6H2,1-2H3/b5-3?,8-7+. The second-order valence-electron chi connectivity index (χ2n) is 3.04. The van der Waals surface area contributed by atoms with Crippen molar-refractivity contribution in [2.45, 2.75) is 26.0 Å². The Morgan fingerprint density at radius 3 is 2.73 bits per heavy atom. The molecule has 0 aliphatic rings. The molecular weight excluding hydrogens is 195 g/mol. The average Bonchev–Trinajstić information content (AvgIpc) is 2.10. The van der Waals surface area contributed by atoms with Gasteiger partial charge in [-0.15, -0.1) is 0 Å². The Labute approximate surface area is 91.6 Å². The molecule has 2 N–H and O–H groups in total. The lowest BCUT2D eigenvalue weighted by Crippen LogP contribution is -2.16. The normalized spacial score (nSPS) is 16.6. The van der Waals surface area contributed by atoms with Gasteiger partial charge in [-0.05, 0) is 26.0 Å². The van der Waals surface area contributed by atoms with Gasteiger partial charge in [0.2, 0.25) is 0 Å². The van der Waals surface area contributed by atoms with Gasteiger partial charge in [-0.3, -0.25) is 0 Å². The summed E-state index contributed by atoms with van der Waals surface area (Å²) in [7, 11) is 5.57. The summed E-state index contributed by atoms with van der Waals surface area (Å²) in [5.74, 6) is 0.190. The van der Waals surface area contributed by atoms with Crippen molar-refractivity contribution >= 4 is 7.85 Å². The zero-order valence-electron chi connectivity index (χ0n) is 9.09. The maximum absolute atomic E-state index is 8.95. The maximum atomic E-state index is 8.95. The van der Waals surface area contributed by atoms with Crippen LogP contribution in [-0.4, -0.2) is 43.4 Å². The third-order valence-corrected chi connectivity index (χ3v) is 1.42. The highest BCUT2D eigenvalue weighted by molar-refractivity contribution is 6.12. The van der Waals surface area contributed by atoms with E-state index in [2.05, 4.69) is 0 Å². The van der Waals surface area contributed by atoms with E-state index in [9.17, 15) is 0 Å². The van der Waals surface area contributed by atoms with Crippen molar-refractivity contribution in [2.75, 3.05) is 13.2 Å². The molecule has 0 heterocycles. The van der Waals surface area contributed by atoms with Gasteiger partial charge < -0.3 is 19.7 Å². The van der Waals surface area contributed by atoms with Crippen LogP contribution >= 0.6 is 0 Å². The van der Waals surface area contributed by atoms with E-state index in [-0.39, 0.29) is 25.1 Å². The van der Waals surface area contributed by atoms with E-state index in [0.29, 0.717) is 0 Å². The molecule has 0 spiro atoms. The molecule has 0 amide bonds. The molecule has 0 aliphatic carbocycles. The van der Waals surface area contributed by atoms with Gasteiger partial charge in [0.25, 0.3) is 0 Å². The third-order valence-electron chi connectivity index (χ3n) is 1.42. The van der Waals surface area contributed by atoms with Crippen LogP contribution in [-0.2, 0) is 9.47 Å².